The van der Waals surface area contributed by atoms with Crippen LogP contribution in [0.4, 0.5) is 21.9 Å². The summed E-state index contributed by atoms with van der Waals surface area (Å²) in [7, 11) is 0. The molecule has 0 aliphatic carbocycles. The van der Waals surface area contributed by atoms with E-state index in [0.29, 0.717) is 22.9 Å². The van der Waals surface area contributed by atoms with Crippen LogP contribution in [0, 0.1) is 0 Å². The van der Waals surface area contributed by atoms with Gasteiger partial charge < -0.3 is 10.1 Å². The molecule has 0 unspecified atom stereocenters. The minimum Gasteiger partial charge on any atom is -0.455 e. The molecular formula is C25H20N4O5. The highest BCUT2D eigenvalue weighted by Crippen LogP contribution is 2.38. The molecule has 0 aromatic heterocycles. The number of benzene rings is 3. The van der Waals surface area contributed by atoms with Gasteiger partial charge in [0.2, 0.25) is 11.4 Å². The number of barbiturate groups is 1. The minimum atomic E-state index is -1.78. The highest BCUT2D eigenvalue weighted by Gasteiger charge is 2.60. The van der Waals surface area contributed by atoms with E-state index < -0.39 is 23.4 Å². The molecule has 0 atom stereocenters. The summed E-state index contributed by atoms with van der Waals surface area (Å²) in [5.41, 5.74) is 0.0379. The molecule has 34 heavy (non-hydrogen) atoms. The van der Waals surface area contributed by atoms with Crippen LogP contribution in [0.1, 0.15) is 12.8 Å². The first-order valence-corrected chi connectivity index (χ1v) is 10.7. The number of nitrogens with one attached hydrogen (secondary N) is 3. The van der Waals surface area contributed by atoms with Gasteiger partial charge in [0.25, 0.3) is 11.8 Å². The van der Waals surface area contributed by atoms with Crippen molar-refractivity contribution in [3.8, 4) is 11.5 Å². The number of nitrogens with zero attached hydrogens (tertiary/aromatic N) is 1. The molecule has 9 heteroatoms. The van der Waals surface area contributed by atoms with Crippen LogP contribution in [0.3, 0.4) is 0 Å². The minimum absolute atomic E-state index is 0.0129. The number of anilines is 3. The van der Waals surface area contributed by atoms with Crippen LogP contribution in [0.25, 0.3) is 0 Å². The van der Waals surface area contributed by atoms with Crippen molar-refractivity contribution in [2.45, 2.75) is 18.4 Å². The lowest BCUT2D eigenvalue weighted by Crippen LogP contribution is -2.72. The molecule has 170 valence electrons. The maximum absolute atomic E-state index is 12.7. The van der Waals surface area contributed by atoms with E-state index in [9.17, 15) is 19.2 Å². The van der Waals surface area contributed by atoms with Crippen molar-refractivity contribution in [1.29, 1.82) is 0 Å². The number of carbonyl (C=O) groups is 4. The van der Waals surface area contributed by atoms with Gasteiger partial charge in [0.1, 0.15) is 5.75 Å². The van der Waals surface area contributed by atoms with E-state index in [1.807, 2.05) is 54.6 Å². The van der Waals surface area contributed by atoms with Crippen molar-refractivity contribution >= 4 is 40.8 Å². The van der Waals surface area contributed by atoms with E-state index in [0.717, 1.165) is 5.69 Å². The molecule has 9 nitrogen and oxygen atoms in total. The predicted molar refractivity (Wildman–Crippen MR) is 124 cm³/mol. The summed E-state index contributed by atoms with van der Waals surface area (Å²) in [5.74, 6) is -0.649. The molecule has 1 spiro atoms. The fraction of sp³-hybridized carbons (Fsp3) is 0.120. The summed E-state index contributed by atoms with van der Waals surface area (Å²) in [6.07, 6.45) is 0.000212. The maximum Gasteiger partial charge on any atom is 0.328 e. The van der Waals surface area contributed by atoms with Crippen LogP contribution in [0.2, 0.25) is 0 Å². The van der Waals surface area contributed by atoms with E-state index in [1.165, 1.54) is 4.90 Å². The molecule has 2 heterocycles. The fourth-order valence-corrected chi connectivity index (χ4v) is 4.19. The average molecular weight is 456 g/mol. The zero-order valence-electron chi connectivity index (χ0n) is 17.9. The second kappa shape index (κ2) is 8.36. The SMILES string of the molecule is O=C1NC(=O)C2(CCC(=O)N2c2ccc(Nc3ccccc3Oc3ccccc3)cc2)C(=O)N1. The van der Waals surface area contributed by atoms with Crippen molar-refractivity contribution in [3.63, 3.8) is 0 Å². The van der Waals surface area contributed by atoms with Crippen molar-refractivity contribution in [3.05, 3.63) is 78.9 Å². The van der Waals surface area contributed by atoms with E-state index in [4.69, 9.17) is 4.74 Å². The Morgan fingerprint density at radius 3 is 2.15 bits per heavy atom. The van der Waals surface area contributed by atoms with Gasteiger partial charge in [0, 0.05) is 17.8 Å². The topological polar surface area (TPSA) is 117 Å². The second-order valence-electron chi connectivity index (χ2n) is 7.91. The summed E-state index contributed by atoms with van der Waals surface area (Å²) in [5, 5.41) is 7.49. The lowest BCUT2D eigenvalue weighted by atomic mass is 9.91. The third-order valence-corrected chi connectivity index (χ3v) is 5.80. The molecule has 3 N–H and O–H groups in total. The first kappa shape index (κ1) is 21.2. The van der Waals surface area contributed by atoms with Crippen molar-refractivity contribution in [2.75, 3.05) is 10.2 Å². The van der Waals surface area contributed by atoms with E-state index >= 15 is 0 Å². The molecule has 3 aromatic carbocycles. The van der Waals surface area contributed by atoms with Crippen LogP contribution < -0.4 is 25.6 Å². The van der Waals surface area contributed by atoms with Crippen LogP contribution in [0.15, 0.2) is 78.9 Å². The third-order valence-electron chi connectivity index (χ3n) is 5.80. The number of hydrogen-bond acceptors (Lipinski definition) is 6. The third kappa shape index (κ3) is 3.62. The number of rotatable bonds is 5. The smallest absolute Gasteiger partial charge is 0.328 e. The predicted octanol–water partition coefficient (Wildman–Crippen LogP) is 3.45. The van der Waals surface area contributed by atoms with Gasteiger partial charge in [0.15, 0.2) is 5.75 Å². The molecule has 2 fully saturated rings. The Hall–Kier alpha value is -4.66. The Morgan fingerprint density at radius 2 is 1.44 bits per heavy atom. The van der Waals surface area contributed by atoms with Gasteiger partial charge in [-0.2, -0.15) is 0 Å². The quantitative estimate of drug-likeness (QED) is 0.507. The lowest BCUT2D eigenvalue weighted by molar-refractivity contribution is -0.138. The molecule has 2 aliphatic heterocycles. The van der Waals surface area contributed by atoms with Gasteiger partial charge in [-0.05, 0) is 55.0 Å². The molecular weight excluding hydrogens is 436 g/mol. The van der Waals surface area contributed by atoms with Gasteiger partial charge in [-0.1, -0.05) is 30.3 Å². The van der Waals surface area contributed by atoms with E-state index in [2.05, 4.69) is 16.0 Å². The van der Waals surface area contributed by atoms with Crippen molar-refractivity contribution < 1.29 is 23.9 Å². The Balaban J connectivity index is 1.40. The van der Waals surface area contributed by atoms with E-state index in [1.54, 1.807) is 24.3 Å². The molecule has 5 rings (SSSR count). The Bertz CT molecular complexity index is 1270. The molecule has 0 bridgehead atoms. The van der Waals surface area contributed by atoms with Crippen molar-refractivity contribution in [1.82, 2.24) is 10.6 Å². The van der Waals surface area contributed by atoms with Gasteiger partial charge in [0.05, 0.1) is 5.69 Å². The first-order valence-electron chi connectivity index (χ1n) is 10.7. The Kier molecular flexibility index (Phi) is 5.21. The van der Waals surface area contributed by atoms with Crippen LogP contribution in [-0.2, 0) is 14.4 Å². The molecule has 5 amide bonds. The monoisotopic (exact) mass is 456 g/mol. The Morgan fingerprint density at radius 1 is 0.794 bits per heavy atom. The highest BCUT2D eigenvalue weighted by molar-refractivity contribution is 6.28. The second-order valence-corrected chi connectivity index (χ2v) is 7.91. The number of para-hydroxylation sites is 3. The van der Waals surface area contributed by atoms with Gasteiger partial charge in [-0.15, -0.1) is 0 Å². The molecule has 0 saturated carbocycles. The summed E-state index contributed by atoms with van der Waals surface area (Å²) in [6, 6.07) is 22.7. The molecule has 0 radical (unpaired) electrons. The van der Waals surface area contributed by atoms with E-state index in [-0.39, 0.29) is 18.7 Å². The number of carbonyl (C=O) groups excluding carboxylic acids is 4. The lowest BCUT2D eigenvalue weighted by Gasteiger charge is -2.37. The van der Waals surface area contributed by atoms with Crippen LogP contribution >= 0.6 is 0 Å². The van der Waals surface area contributed by atoms with Gasteiger partial charge >= 0.3 is 6.03 Å². The number of ether oxygens (including phenoxy) is 1. The summed E-state index contributed by atoms with van der Waals surface area (Å²) in [6.45, 7) is 0. The number of amides is 5. The first-order chi connectivity index (χ1) is 16.5. The standard InChI is InChI=1S/C25H20N4O5/c30-21-14-15-25(22(31)27-24(33)28-23(25)32)29(21)17-12-10-16(11-13-17)26-19-8-4-5-9-20(19)34-18-6-2-1-3-7-18/h1-13,26H,14-15H2,(H2,27,28,31,32,33). The number of urea groups is 1. The number of hydrogen-bond donors (Lipinski definition) is 3. The average Bonchev–Trinajstić information content (AvgIpc) is 3.18. The van der Waals surface area contributed by atoms with Crippen molar-refractivity contribution in [2.24, 2.45) is 0 Å². The summed E-state index contributed by atoms with van der Waals surface area (Å²) < 4.78 is 5.98. The van der Waals surface area contributed by atoms with Gasteiger partial charge in [-0.25, -0.2) is 4.79 Å². The van der Waals surface area contributed by atoms with Crippen LogP contribution in [0.5, 0.6) is 11.5 Å². The van der Waals surface area contributed by atoms with Gasteiger partial charge in [-0.3, -0.25) is 29.9 Å². The fourth-order valence-electron chi connectivity index (χ4n) is 4.19. The largest absolute Gasteiger partial charge is 0.455 e. The molecule has 3 aromatic rings. The highest BCUT2D eigenvalue weighted by atomic mass is 16.5. The normalized spacial score (nSPS) is 16.9. The zero-order chi connectivity index (χ0) is 23.7. The zero-order valence-corrected chi connectivity index (χ0v) is 17.9. The molecule has 2 saturated heterocycles. The molecule has 2 aliphatic rings. The maximum atomic E-state index is 12.7. The number of imide groups is 2. The van der Waals surface area contributed by atoms with Crippen LogP contribution in [-0.4, -0.2) is 29.3 Å². The summed E-state index contributed by atoms with van der Waals surface area (Å²) in [4.78, 5) is 50.7. The Labute approximate surface area is 194 Å². The summed E-state index contributed by atoms with van der Waals surface area (Å²) >= 11 is 0.